The van der Waals surface area contributed by atoms with Crippen molar-refractivity contribution in [2.45, 2.75) is 98.2 Å². The zero-order valence-electron chi connectivity index (χ0n) is 17.9. The predicted molar refractivity (Wildman–Crippen MR) is 108 cm³/mol. The molecular weight excluding hydrogens is 448 g/mol. The van der Waals surface area contributed by atoms with E-state index in [1.54, 1.807) is 0 Å². The molecule has 0 aromatic rings. The van der Waals surface area contributed by atoms with Crippen LogP contribution in [0.25, 0.3) is 0 Å². The second-order valence-corrected chi connectivity index (χ2v) is 8.79. The summed E-state index contributed by atoms with van der Waals surface area (Å²) in [6.07, 6.45) is -16.5. The summed E-state index contributed by atoms with van der Waals surface area (Å²) >= 11 is 0. The molecule has 2 saturated heterocycles. The second kappa shape index (κ2) is 11.0. The molecule has 15 nitrogen and oxygen atoms in total. The van der Waals surface area contributed by atoms with E-state index in [-0.39, 0.29) is 13.0 Å². The fourth-order valence-electron chi connectivity index (χ4n) is 4.40. The van der Waals surface area contributed by atoms with Gasteiger partial charge in [-0.3, -0.25) is 0 Å². The van der Waals surface area contributed by atoms with Gasteiger partial charge in [-0.25, -0.2) is 0 Å². The number of hydrogen-bond acceptors (Lipinski definition) is 15. The van der Waals surface area contributed by atoms with Crippen LogP contribution in [-0.2, 0) is 18.9 Å². The average molecular weight is 485 g/mol. The largest absolute Gasteiger partial charge is 0.394 e. The molecular formula is C18H36N4O11. The molecule has 2 aliphatic heterocycles. The van der Waals surface area contributed by atoms with Gasteiger partial charge in [0.15, 0.2) is 12.6 Å². The highest BCUT2D eigenvalue weighted by molar-refractivity contribution is 5.01. The van der Waals surface area contributed by atoms with Gasteiger partial charge in [0.25, 0.3) is 0 Å². The van der Waals surface area contributed by atoms with Crippen LogP contribution in [0.2, 0.25) is 0 Å². The molecule has 0 radical (unpaired) electrons. The van der Waals surface area contributed by atoms with Crippen LogP contribution in [-0.4, -0.2) is 141 Å². The Morgan fingerprint density at radius 1 is 0.667 bits per heavy atom. The first-order chi connectivity index (χ1) is 15.5. The summed E-state index contributed by atoms with van der Waals surface area (Å²) in [5, 5.41) is 70.9. The molecule has 2 heterocycles. The molecule has 0 bridgehead atoms. The summed E-state index contributed by atoms with van der Waals surface area (Å²) in [6, 6.07) is -2.86. The van der Waals surface area contributed by atoms with Crippen LogP contribution < -0.4 is 22.9 Å². The number of ether oxygens (including phenoxy) is 4. The van der Waals surface area contributed by atoms with E-state index in [1.807, 2.05) is 0 Å². The monoisotopic (exact) mass is 484 g/mol. The van der Waals surface area contributed by atoms with Crippen molar-refractivity contribution in [1.29, 1.82) is 0 Å². The molecule has 3 fully saturated rings. The Morgan fingerprint density at radius 2 is 1.18 bits per heavy atom. The maximum Gasteiger partial charge on any atom is 0.187 e. The minimum atomic E-state index is -1.66. The van der Waals surface area contributed by atoms with Crippen LogP contribution in [0.15, 0.2) is 0 Å². The van der Waals surface area contributed by atoms with Gasteiger partial charge in [-0.05, 0) is 6.42 Å². The first-order valence-corrected chi connectivity index (χ1v) is 10.8. The van der Waals surface area contributed by atoms with E-state index in [9.17, 15) is 35.7 Å². The Bertz CT molecular complexity index is 584. The van der Waals surface area contributed by atoms with Gasteiger partial charge in [0.2, 0.25) is 0 Å². The van der Waals surface area contributed by atoms with Crippen LogP contribution in [0.5, 0.6) is 0 Å². The van der Waals surface area contributed by atoms with Crippen molar-refractivity contribution in [1.82, 2.24) is 0 Å². The molecule has 15 N–H and O–H groups in total. The lowest BCUT2D eigenvalue weighted by atomic mass is 9.84. The molecule has 2 unspecified atom stereocenters. The lowest BCUT2D eigenvalue weighted by molar-refractivity contribution is -0.332. The molecule has 1 aliphatic carbocycles. The van der Waals surface area contributed by atoms with Crippen molar-refractivity contribution in [3.63, 3.8) is 0 Å². The van der Waals surface area contributed by atoms with Gasteiger partial charge in [0, 0.05) is 18.6 Å². The van der Waals surface area contributed by atoms with Gasteiger partial charge >= 0.3 is 0 Å². The summed E-state index contributed by atoms with van der Waals surface area (Å²) in [4.78, 5) is 0. The lowest BCUT2D eigenvalue weighted by Crippen LogP contribution is -2.68. The standard InChI is InChI=1S/C18H36N4O11/c19-2-6-10(25)12(27)13(28)18(30-6)33-16-5(21)1-4(20)15(14(16)29)32-17-11(26)8(22)9(24)7(3-23)31-17/h4-18,23-29H,1-3,19-22H2/t4-,5+,6-,7-,8+,9-,10-,11-,12+,13-,14-,15+,16?,17-,18?/m1/s1. The van der Waals surface area contributed by atoms with Gasteiger partial charge in [-0.1, -0.05) is 0 Å². The van der Waals surface area contributed by atoms with Crippen LogP contribution in [0, 0.1) is 0 Å². The van der Waals surface area contributed by atoms with Crippen LogP contribution >= 0.6 is 0 Å². The number of rotatable bonds is 6. The first kappa shape index (κ1) is 27.0. The molecule has 33 heavy (non-hydrogen) atoms. The maximum absolute atomic E-state index is 10.9. The summed E-state index contributed by atoms with van der Waals surface area (Å²) in [7, 11) is 0. The summed E-state index contributed by atoms with van der Waals surface area (Å²) < 4.78 is 22.2. The quantitative estimate of drug-likeness (QED) is 0.167. The van der Waals surface area contributed by atoms with Crippen molar-refractivity contribution in [2.24, 2.45) is 22.9 Å². The van der Waals surface area contributed by atoms with Gasteiger partial charge < -0.3 is 77.6 Å². The molecule has 194 valence electrons. The molecule has 1 saturated carbocycles. The third-order valence-electron chi connectivity index (χ3n) is 6.48. The Labute approximate surface area is 189 Å². The van der Waals surface area contributed by atoms with E-state index in [4.69, 9.17) is 41.9 Å². The predicted octanol–water partition coefficient (Wildman–Crippen LogP) is -7.29. The Kier molecular flexibility index (Phi) is 8.99. The zero-order valence-corrected chi connectivity index (χ0v) is 17.9. The summed E-state index contributed by atoms with van der Waals surface area (Å²) in [5.74, 6) is 0. The van der Waals surface area contributed by atoms with Gasteiger partial charge in [0.1, 0.15) is 61.0 Å². The Balaban J connectivity index is 1.72. The lowest BCUT2D eigenvalue weighted by Gasteiger charge is -2.48. The molecule has 3 rings (SSSR count). The van der Waals surface area contributed by atoms with Gasteiger partial charge in [-0.15, -0.1) is 0 Å². The first-order valence-electron chi connectivity index (χ1n) is 10.8. The van der Waals surface area contributed by atoms with Crippen molar-refractivity contribution in [3.05, 3.63) is 0 Å². The van der Waals surface area contributed by atoms with Crippen molar-refractivity contribution in [3.8, 4) is 0 Å². The minimum Gasteiger partial charge on any atom is -0.394 e. The smallest absolute Gasteiger partial charge is 0.187 e. The van der Waals surface area contributed by atoms with Gasteiger partial charge in [-0.2, -0.15) is 0 Å². The van der Waals surface area contributed by atoms with Crippen molar-refractivity contribution < 1.29 is 54.7 Å². The summed E-state index contributed by atoms with van der Waals surface area (Å²) in [5.41, 5.74) is 23.5. The third kappa shape index (κ3) is 5.32. The highest BCUT2D eigenvalue weighted by atomic mass is 16.7. The molecule has 15 atom stereocenters. The Hall–Kier alpha value is -0.600. The van der Waals surface area contributed by atoms with Crippen molar-refractivity contribution in [2.75, 3.05) is 13.2 Å². The van der Waals surface area contributed by atoms with E-state index in [0.717, 1.165) is 0 Å². The topological polar surface area (TPSA) is 283 Å². The summed E-state index contributed by atoms with van der Waals surface area (Å²) in [6.45, 7) is -0.763. The number of aliphatic hydroxyl groups excluding tert-OH is 7. The normalized spacial score (nSPS) is 53.7. The fraction of sp³-hybridized carbons (Fsp3) is 1.00. The maximum atomic E-state index is 10.9. The van der Waals surface area contributed by atoms with E-state index in [2.05, 4.69) is 0 Å². The molecule has 0 aromatic heterocycles. The highest BCUT2D eigenvalue weighted by Gasteiger charge is 2.51. The van der Waals surface area contributed by atoms with Crippen molar-refractivity contribution >= 4 is 0 Å². The molecule has 0 spiro atoms. The van der Waals surface area contributed by atoms with Crippen LogP contribution in [0.3, 0.4) is 0 Å². The molecule has 0 aromatic carbocycles. The average Bonchev–Trinajstić information content (AvgIpc) is 2.79. The SMILES string of the molecule is NC[C@H]1OC(OC2[C@@H](N)C[C@@H](N)[C@H](O[C@H]3O[C@H](CO)[C@@H](O)[C@H](N)[C@H]3O)[C@H]2O)[C@H](O)[C@@H](O)[C@@H]1O. The van der Waals surface area contributed by atoms with E-state index < -0.39 is 98.4 Å². The highest BCUT2D eigenvalue weighted by Crippen LogP contribution is 2.31. The minimum absolute atomic E-state index is 0.0849. The van der Waals surface area contributed by atoms with E-state index >= 15 is 0 Å². The van der Waals surface area contributed by atoms with E-state index in [1.165, 1.54) is 0 Å². The third-order valence-corrected chi connectivity index (χ3v) is 6.48. The molecule has 3 aliphatic rings. The van der Waals surface area contributed by atoms with E-state index in [0.29, 0.717) is 0 Å². The van der Waals surface area contributed by atoms with Gasteiger partial charge in [0.05, 0.1) is 12.6 Å². The number of nitrogens with two attached hydrogens (primary N) is 4. The number of hydrogen-bond donors (Lipinski definition) is 11. The number of aliphatic hydroxyl groups is 7. The van der Waals surface area contributed by atoms with Crippen LogP contribution in [0.4, 0.5) is 0 Å². The molecule has 15 heteroatoms. The fourth-order valence-corrected chi connectivity index (χ4v) is 4.40. The molecule has 0 amide bonds. The van der Waals surface area contributed by atoms with Crippen LogP contribution in [0.1, 0.15) is 6.42 Å². The zero-order chi connectivity index (χ0) is 24.6. The second-order valence-electron chi connectivity index (χ2n) is 8.79. The Morgan fingerprint density at radius 3 is 1.70 bits per heavy atom.